The highest BCUT2D eigenvalue weighted by atomic mass is 79.9. The summed E-state index contributed by atoms with van der Waals surface area (Å²) in [6.45, 7) is 1.93. The van der Waals surface area contributed by atoms with Gasteiger partial charge in [-0.15, -0.1) is 0 Å². The zero-order valence-corrected chi connectivity index (χ0v) is 10.9. The van der Waals surface area contributed by atoms with Crippen LogP contribution in [0.3, 0.4) is 0 Å². The van der Waals surface area contributed by atoms with E-state index in [1.54, 1.807) is 12.1 Å². The standard InChI is InChI=1S/C13H12BrNO2/c1-9(10-5-2-3-6-11(10)14)15-13(16)12-7-4-8-17-12/h2-9H,1H3,(H,15,16)/t9-/m0/s1. The molecule has 1 N–H and O–H groups in total. The molecule has 0 radical (unpaired) electrons. The van der Waals surface area contributed by atoms with Gasteiger partial charge in [-0.25, -0.2) is 0 Å². The highest BCUT2D eigenvalue weighted by Gasteiger charge is 2.14. The number of furan rings is 1. The largest absolute Gasteiger partial charge is 0.459 e. The van der Waals surface area contributed by atoms with Crippen LogP contribution in [-0.4, -0.2) is 5.91 Å². The van der Waals surface area contributed by atoms with Crippen LogP contribution in [0.1, 0.15) is 29.1 Å². The van der Waals surface area contributed by atoms with Crippen molar-refractivity contribution >= 4 is 21.8 Å². The Bertz CT molecular complexity index is 508. The van der Waals surface area contributed by atoms with E-state index >= 15 is 0 Å². The van der Waals surface area contributed by atoms with Crippen molar-refractivity contribution in [3.8, 4) is 0 Å². The van der Waals surface area contributed by atoms with E-state index in [4.69, 9.17) is 4.42 Å². The molecule has 0 saturated heterocycles. The van der Waals surface area contributed by atoms with Crippen molar-refractivity contribution in [3.63, 3.8) is 0 Å². The molecule has 88 valence electrons. The van der Waals surface area contributed by atoms with E-state index in [-0.39, 0.29) is 11.9 Å². The molecule has 0 aliphatic rings. The number of rotatable bonds is 3. The number of hydrogen-bond acceptors (Lipinski definition) is 2. The Kier molecular flexibility index (Phi) is 3.64. The van der Waals surface area contributed by atoms with Gasteiger partial charge in [0.05, 0.1) is 12.3 Å². The zero-order valence-electron chi connectivity index (χ0n) is 9.31. The molecule has 0 aliphatic heterocycles. The molecule has 0 saturated carbocycles. The minimum Gasteiger partial charge on any atom is -0.459 e. The molecule has 2 rings (SSSR count). The predicted octanol–water partition coefficient (Wildman–Crippen LogP) is 3.53. The number of carbonyl (C=O) groups is 1. The van der Waals surface area contributed by atoms with Gasteiger partial charge in [0, 0.05) is 4.47 Å². The molecule has 0 fully saturated rings. The van der Waals surface area contributed by atoms with Crippen LogP contribution in [0.4, 0.5) is 0 Å². The van der Waals surface area contributed by atoms with Crippen molar-refractivity contribution in [2.75, 3.05) is 0 Å². The monoisotopic (exact) mass is 293 g/mol. The van der Waals surface area contributed by atoms with E-state index in [2.05, 4.69) is 21.2 Å². The molecule has 1 atom stereocenters. The average molecular weight is 294 g/mol. The average Bonchev–Trinajstić information content (AvgIpc) is 2.82. The summed E-state index contributed by atoms with van der Waals surface area (Å²) in [7, 11) is 0. The molecule has 1 aromatic carbocycles. The summed E-state index contributed by atoms with van der Waals surface area (Å²) in [5, 5.41) is 2.88. The summed E-state index contributed by atoms with van der Waals surface area (Å²) in [4.78, 5) is 11.8. The first-order chi connectivity index (χ1) is 8.18. The van der Waals surface area contributed by atoms with E-state index < -0.39 is 0 Å². The van der Waals surface area contributed by atoms with Gasteiger partial charge in [0.1, 0.15) is 0 Å². The maximum atomic E-state index is 11.8. The lowest BCUT2D eigenvalue weighted by atomic mass is 10.1. The first-order valence-corrected chi connectivity index (χ1v) is 6.06. The Balaban J connectivity index is 2.10. The van der Waals surface area contributed by atoms with E-state index in [1.807, 2.05) is 31.2 Å². The molecular weight excluding hydrogens is 282 g/mol. The highest BCUT2D eigenvalue weighted by Crippen LogP contribution is 2.22. The van der Waals surface area contributed by atoms with Crippen molar-refractivity contribution in [2.45, 2.75) is 13.0 Å². The van der Waals surface area contributed by atoms with E-state index in [0.717, 1.165) is 10.0 Å². The maximum absolute atomic E-state index is 11.8. The van der Waals surface area contributed by atoms with Crippen LogP contribution in [-0.2, 0) is 0 Å². The number of hydrogen-bond donors (Lipinski definition) is 1. The number of halogens is 1. The fourth-order valence-electron chi connectivity index (χ4n) is 1.58. The summed E-state index contributed by atoms with van der Waals surface area (Å²) in [6, 6.07) is 11.1. The van der Waals surface area contributed by atoms with Gasteiger partial charge in [-0.1, -0.05) is 34.1 Å². The smallest absolute Gasteiger partial charge is 0.287 e. The third-order valence-electron chi connectivity index (χ3n) is 2.46. The Labute approximate surface area is 108 Å². The Hall–Kier alpha value is -1.55. The molecule has 3 nitrogen and oxygen atoms in total. The predicted molar refractivity (Wildman–Crippen MR) is 68.7 cm³/mol. The SMILES string of the molecule is C[C@H](NC(=O)c1ccco1)c1ccccc1Br. The van der Waals surface area contributed by atoms with Gasteiger partial charge in [-0.3, -0.25) is 4.79 Å². The number of nitrogens with one attached hydrogen (secondary N) is 1. The molecule has 0 spiro atoms. The first kappa shape index (κ1) is 11.9. The topological polar surface area (TPSA) is 42.2 Å². The summed E-state index contributed by atoms with van der Waals surface area (Å²) >= 11 is 3.46. The molecule has 1 heterocycles. The van der Waals surface area contributed by atoms with Crippen LogP contribution in [0.15, 0.2) is 51.6 Å². The Morgan fingerprint density at radius 2 is 2.06 bits per heavy atom. The zero-order chi connectivity index (χ0) is 12.3. The quantitative estimate of drug-likeness (QED) is 0.941. The molecule has 0 unspecified atom stereocenters. The van der Waals surface area contributed by atoms with Gasteiger partial charge in [0.15, 0.2) is 5.76 Å². The van der Waals surface area contributed by atoms with Gasteiger partial charge in [-0.05, 0) is 30.7 Å². The van der Waals surface area contributed by atoms with Crippen LogP contribution in [0.25, 0.3) is 0 Å². The summed E-state index contributed by atoms with van der Waals surface area (Å²) in [6.07, 6.45) is 1.48. The second-order valence-corrected chi connectivity index (χ2v) is 4.55. The summed E-state index contributed by atoms with van der Waals surface area (Å²) in [5.41, 5.74) is 1.03. The maximum Gasteiger partial charge on any atom is 0.287 e. The van der Waals surface area contributed by atoms with Crippen LogP contribution in [0.2, 0.25) is 0 Å². The van der Waals surface area contributed by atoms with E-state index in [1.165, 1.54) is 6.26 Å². The number of benzene rings is 1. The van der Waals surface area contributed by atoms with Crippen molar-refractivity contribution in [1.29, 1.82) is 0 Å². The molecular formula is C13H12BrNO2. The van der Waals surface area contributed by atoms with Crippen molar-refractivity contribution in [2.24, 2.45) is 0 Å². The minimum absolute atomic E-state index is 0.0804. The normalized spacial score (nSPS) is 12.1. The third-order valence-corrected chi connectivity index (χ3v) is 3.19. The lowest BCUT2D eigenvalue weighted by molar-refractivity contribution is 0.0912. The fraction of sp³-hybridized carbons (Fsp3) is 0.154. The van der Waals surface area contributed by atoms with Crippen LogP contribution in [0.5, 0.6) is 0 Å². The molecule has 1 amide bonds. The minimum atomic E-state index is -0.210. The molecule has 0 aliphatic carbocycles. The van der Waals surface area contributed by atoms with Crippen LogP contribution < -0.4 is 5.32 Å². The second-order valence-electron chi connectivity index (χ2n) is 3.69. The van der Waals surface area contributed by atoms with Gasteiger partial charge >= 0.3 is 0 Å². The summed E-state index contributed by atoms with van der Waals surface area (Å²) in [5.74, 6) is 0.113. The molecule has 4 heteroatoms. The lowest BCUT2D eigenvalue weighted by Gasteiger charge is -2.14. The van der Waals surface area contributed by atoms with Crippen molar-refractivity contribution in [1.82, 2.24) is 5.32 Å². The van der Waals surface area contributed by atoms with Gasteiger partial charge < -0.3 is 9.73 Å². The molecule has 0 bridgehead atoms. The van der Waals surface area contributed by atoms with Gasteiger partial charge in [0.2, 0.25) is 0 Å². The second kappa shape index (κ2) is 5.19. The van der Waals surface area contributed by atoms with Crippen molar-refractivity contribution in [3.05, 3.63) is 58.5 Å². The first-order valence-electron chi connectivity index (χ1n) is 5.27. The highest BCUT2D eigenvalue weighted by molar-refractivity contribution is 9.10. The van der Waals surface area contributed by atoms with Crippen LogP contribution >= 0.6 is 15.9 Å². The number of amides is 1. The van der Waals surface area contributed by atoms with E-state index in [0.29, 0.717) is 5.76 Å². The van der Waals surface area contributed by atoms with Crippen molar-refractivity contribution < 1.29 is 9.21 Å². The van der Waals surface area contributed by atoms with Crippen LogP contribution in [0, 0.1) is 0 Å². The lowest BCUT2D eigenvalue weighted by Crippen LogP contribution is -2.26. The Morgan fingerprint density at radius 3 is 2.71 bits per heavy atom. The molecule has 17 heavy (non-hydrogen) atoms. The molecule has 1 aromatic heterocycles. The van der Waals surface area contributed by atoms with E-state index in [9.17, 15) is 4.79 Å². The van der Waals surface area contributed by atoms with Gasteiger partial charge in [0.25, 0.3) is 5.91 Å². The molecule has 2 aromatic rings. The summed E-state index contributed by atoms with van der Waals surface area (Å²) < 4.78 is 6.02. The fourth-order valence-corrected chi connectivity index (χ4v) is 2.21. The number of carbonyl (C=O) groups excluding carboxylic acids is 1. The Morgan fingerprint density at radius 1 is 1.29 bits per heavy atom. The van der Waals surface area contributed by atoms with Gasteiger partial charge in [-0.2, -0.15) is 0 Å². The third kappa shape index (κ3) is 2.77.